The van der Waals surface area contributed by atoms with E-state index in [1.807, 2.05) is 97.9 Å². The normalized spacial score (nSPS) is 10.6. The Hall–Kier alpha value is -3.71. The number of pyridine rings is 1. The lowest BCUT2D eigenvalue weighted by molar-refractivity contribution is 0.0950. The molecule has 0 aliphatic carbocycles. The topological polar surface area (TPSA) is 71.0 Å². The molecular formula is C26H25N5OS. The van der Waals surface area contributed by atoms with Crippen LogP contribution in [0.15, 0.2) is 90.2 Å². The van der Waals surface area contributed by atoms with Gasteiger partial charge in [0.05, 0.1) is 17.9 Å². The van der Waals surface area contributed by atoms with Crippen molar-refractivity contribution in [2.75, 3.05) is 19.0 Å². The third-order valence-corrected chi connectivity index (χ3v) is 5.85. The fourth-order valence-corrected chi connectivity index (χ4v) is 3.99. The Morgan fingerprint density at radius 3 is 2.52 bits per heavy atom. The SMILES string of the molecule is CN(C)c1cc(-c2ccccc2)nc(SCc2cccc(C(=O)NCc3ccccn3)c2)n1. The number of benzene rings is 2. The zero-order valence-electron chi connectivity index (χ0n) is 18.6. The van der Waals surface area contributed by atoms with Crippen molar-refractivity contribution < 1.29 is 4.79 Å². The molecule has 0 bridgehead atoms. The molecule has 0 spiro atoms. The average molecular weight is 456 g/mol. The van der Waals surface area contributed by atoms with Crippen molar-refractivity contribution in [3.05, 3.63) is 102 Å². The first-order chi connectivity index (χ1) is 16.1. The van der Waals surface area contributed by atoms with Crippen molar-refractivity contribution in [1.82, 2.24) is 20.3 Å². The zero-order valence-corrected chi connectivity index (χ0v) is 19.4. The molecule has 0 fully saturated rings. The number of thioether (sulfide) groups is 1. The summed E-state index contributed by atoms with van der Waals surface area (Å²) < 4.78 is 0. The summed E-state index contributed by atoms with van der Waals surface area (Å²) in [6, 6.07) is 25.4. The first kappa shape index (κ1) is 22.5. The highest BCUT2D eigenvalue weighted by Crippen LogP contribution is 2.27. The van der Waals surface area contributed by atoms with Crippen LogP contribution in [0.2, 0.25) is 0 Å². The minimum absolute atomic E-state index is 0.121. The van der Waals surface area contributed by atoms with E-state index in [0.29, 0.717) is 23.0 Å². The number of nitrogens with zero attached hydrogens (tertiary/aromatic N) is 4. The van der Waals surface area contributed by atoms with E-state index >= 15 is 0 Å². The Kier molecular flexibility index (Phi) is 7.32. The van der Waals surface area contributed by atoms with Crippen LogP contribution in [0.4, 0.5) is 5.82 Å². The summed E-state index contributed by atoms with van der Waals surface area (Å²) in [5.74, 6) is 1.39. The van der Waals surface area contributed by atoms with Crippen molar-refractivity contribution in [2.45, 2.75) is 17.5 Å². The van der Waals surface area contributed by atoms with Crippen LogP contribution < -0.4 is 10.2 Å². The molecule has 166 valence electrons. The van der Waals surface area contributed by atoms with Gasteiger partial charge in [0.2, 0.25) is 0 Å². The van der Waals surface area contributed by atoms with Gasteiger partial charge in [-0.2, -0.15) is 0 Å². The predicted molar refractivity (Wildman–Crippen MR) is 133 cm³/mol. The van der Waals surface area contributed by atoms with Gasteiger partial charge >= 0.3 is 0 Å². The van der Waals surface area contributed by atoms with Crippen molar-refractivity contribution in [1.29, 1.82) is 0 Å². The molecule has 1 N–H and O–H groups in total. The summed E-state index contributed by atoms with van der Waals surface area (Å²) in [6.07, 6.45) is 1.72. The Morgan fingerprint density at radius 1 is 0.939 bits per heavy atom. The van der Waals surface area contributed by atoms with E-state index < -0.39 is 0 Å². The molecule has 0 aliphatic rings. The molecule has 0 unspecified atom stereocenters. The molecule has 0 radical (unpaired) electrons. The summed E-state index contributed by atoms with van der Waals surface area (Å²) in [6.45, 7) is 0.395. The summed E-state index contributed by atoms with van der Waals surface area (Å²) >= 11 is 1.55. The number of rotatable bonds is 8. The molecule has 6 nitrogen and oxygen atoms in total. The molecule has 0 atom stereocenters. The summed E-state index contributed by atoms with van der Waals surface area (Å²) in [5.41, 5.74) is 4.42. The maximum Gasteiger partial charge on any atom is 0.251 e. The van der Waals surface area contributed by atoms with Crippen LogP contribution in [0.5, 0.6) is 0 Å². The zero-order chi connectivity index (χ0) is 23.0. The molecule has 7 heteroatoms. The Labute approximate surface area is 198 Å². The highest BCUT2D eigenvalue weighted by molar-refractivity contribution is 7.98. The minimum atomic E-state index is -0.121. The largest absolute Gasteiger partial charge is 0.363 e. The van der Waals surface area contributed by atoms with E-state index in [0.717, 1.165) is 28.3 Å². The molecule has 2 aromatic heterocycles. The second kappa shape index (κ2) is 10.7. The van der Waals surface area contributed by atoms with Gasteiger partial charge in [-0.1, -0.05) is 60.3 Å². The monoisotopic (exact) mass is 455 g/mol. The van der Waals surface area contributed by atoms with Crippen molar-refractivity contribution in [3.8, 4) is 11.3 Å². The van der Waals surface area contributed by atoms with Crippen LogP contribution in [0.1, 0.15) is 21.6 Å². The maximum atomic E-state index is 12.6. The van der Waals surface area contributed by atoms with Crippen LogP contribution >= 0.6 is 11.8 Å². The minimum Gasteiger partial charge on any atom is -0.363 e. The lowest BCUT2D eigenvalue weighted by Crippen LogP contribution is -2.23. The van der Waals surface area contributed by atoms with Gasteiger partial charge < -0.3 is 10.2 Å². The number of hydrogen-bond acceptors (Lipinski definition) is 6. The van der Waals surface area contributed by atoms with E-state index in [2.05, 4.69) is 15.3 Å². The van der Waals surface area contributed by atoms with Gasteiger partial charge in [-0.25, -0.2) is 9.97 Å². The quantitative estimate of drug-likeness (QED) is 0.303. The van der Waals surface area contributed by atoms with Crippen LogP contribution in [0, 0.1) is 0 Å². The number of nitrogens with one attached hydrogen (secondary N) is 1. The first-order valence-corrected chi connectivity index (χ1v) is 11.6. The van der Waals surface area contributed by atoms with Crippen LogP contribution in [-0.2, 0) is 12.3 Å². The van der Waals surface area contributed by atoms with E-state index in [1.165, 1.54) is 0 Å². The first-order valence-electron chi connectivity index (χ1n) is 10.6. The fourth-order valence-electron chi connectivity index (χ4n) is 3.19. The standard InChI is InChI=1S/C26H25N5OS/c1-31(2)24-16-23(20-10-4-3-5-11-20)29-26(30-24)33-18-19-9-8-12-21(15-19)25(32)28-17-22-13-6-7-14-27-22/h3-16H,17-18H2,1-2H3,(H,28,32). The van der Waals surface area contributed by atoms with Gasteiger partial charge in [0, 0.05) is 43.2 Å². The van der Waals surface area contributed by atoms with Gasteiger partial charge in [-0.05, 0) is 29.8 Å². The molecule has 4 aromatic rings. The van der Waals surface area contributed by atoms with E-state index in [9.17, 15) is 4.79 Å². The molecule has 0 aliphatic heterocycles. The molecule has 0 saturated heterocycles. The summed E-state index contributed by atoms with van der Waals surface area (Å²) in [5, 5.41) is 3.62. The number of aromatic nitrogens is 3. The van der Waals surface area contributed by atoms with Gasteiger partial charge in [0.1, 0.15) is 5.82 Å². The number of amides is 1. The molecule has 1 amide bonds. The van der Waals surface area contributed by atoms with Crippen LogP contribution in [0.25, 0.3) is 11.3 Å². The number of carbonyl (C=O) groups excluding carboxylic acids is 1. The predicted octanol–water partition coefficient (Wildman–Crippen LogP) is 4.83. The molecule has 0 saturated carbocycles. The van der Waals surface area contributed by atoms with Gasteiger partial charge in [0.15, 0.2) is 5.16 Å². The number of carbonyl (C=O) groups is 1. The van der Waals surface area contributed by atoms with Crippen molar-refractivity contribution in [3.63, 3.8) is 0 Å². The molecular weight excluding hydrogens is 430 g/mol. The lowest BCUT2D eigenvalue weighted by Gasteiger charge is -2.14. The Bertz CT molecular complexity index is 1220. The van der Waals surface area contributed by atoms with E-state index in [4.69, 9.17) is 4.98 Å². The lowest BCUT2D eigenvalue weighted by atomic mass is 10.1. The highest BCUT2D eigenvalue weighted by Gasteiger charge is 2.11. The third-order valence-electron chi connectivity index (χ3n) is 4.93. The highest BCUT2D eigenvalue weighted by atomic mass is 32.2. The third kappa shape index (κ3) is 6.17. The fraction of sp³-hybridized carbons (Fsp3) is 0.154. The van der Waals surface area contributed by atoms with Gasteiger partial charge in [0.25, 0.3) is 5.91 Å². The Balaban J connectivity index is 1.46. The van der Waals surface area contributed by atoms with Crippen LogP contribution in [0.3, 0.4) is 0 Å². The van der Waals surface area contributed by atoms with E-state index in [-0.39, 0.29) is 5.91 Å². The second-order valence-corrected chi connectivity index (χ2v) is 8.59. The van der Waals surface area contributed by atoms with Crippen LogP contribution in [-0.4, -0.2) is 35.0 Å². The second-order valence-electron chi connectivity index (χ2n) is 7.65. The molecule has 33 heavy (non-hydrogen) atoms. The Morgan fingerprint density at radius 2 is 1.76 bits per heavy atom. The number of hydrogen-bond donors (Lipinski definition) is 1. The van der Waals surface area contributed by atoms with Gasteiger partial charge in [-0.3, -0.25) is 9.78 Å². The number of anilines is 1. The van der Waals surface area contributed by atoms with E-state index in [1.54, 1.807) is 18.0 Å². The van der Waals surface area contributed by atoms with Gasteiger partial charge in [-0.15, -0.1) is 0 Å². The molecule has 2 heterocycles. The maximum absolute atomic E-state index is 12.6. The van der Waals surface area contributed by atoms with Crippen molar-refractivity contribution in [2.24, 2.45) is 0 Å². The average Bonchev–Trinajstić information content (AvgIpc) is 2.87. The molecule has 2 aromatic carbocycles. The smallest absolute Gasteiger partial charge is 0.251 e. The summed E-state index contributed by atoms with van der Waals surface area (Å²) in [4.78, 5) is 28.3. The summed E-state index contributed by atoms with van der Waals surface area (Å²) in [7, 11) is 3.94. The molecule has 4 rings (SSSR count). The van der Waals surface area contributed by atoms with Crippen molar-refractivity contribution >= 4 is 23.5 Å².